The highest BCUT2D eigenvalue weighted by Crippen LogP contribution is 2.56. The molecule has 4 saturated carbocycles. The predicted molar refractivity (Wildman–Crippen MR) is 98.9 cm³/mol. The van der Waals surface area contributed by atoms with Crippen LogP contribution in [0.3, 0.4) is 0 Å². The van der Waals surface area contributed by atoms with Crippen LogP contribution in [0.5, 0.6) is 0 Å². The maximum absolute atomic E-state index is 12.9. The van der Waals surface area contributed by atoms with Gasteiger partial charge in [-0.25, -0.2) is 4.98 Å². The Balaban J connectivity index is 1.28. The molecule has 4 aliphatic rings. The SMILES string of the molecule is NCc1nc(-c2ccc(NC(=O)C3C4CC5CC(C4)CC3C5)cc2)n[nH]1. The largest absolute Gasteiger partial charge is 0.326 e. The van der Waals surface area contributed by atoms with Crippen LogP contribution in [0.15, 0.2) is 24.3 Å². The van der Waals surface area contributed by atoms with Crippen molar-refractivity contribution < 1.29 is 4.79 Å². The monoisotopic (exact) mass is 351 g/mol. The first-order valence-electron chi connectivity index (χ1n) is 9.72. The van der Waals surface area contributed by atoms with E-state index in [0.717, 1.165) is 23.1 Å². The first-order valence-corrected chi connectivity index (χ1v) is 9.72. The van der Waals surface area contributed by atoms with Crippen molar-refractivity contribution in [3.05, 3.63) is 30.1 Å². The molecule has 1 aromatic heterocycles. The van der Waals surface area contributed by atoms with Crippen molar-refractivity contribution in [2.24, 2.45) is 35.3 Å². The van der Waals surface area contributed by atoms with E-state index >= 15 is 0 Å². The number of carbonyl (C=O) groups excluding carboxylic acids is 1. The number of benzene rings is 1. The minimum Gasteiger partial charge on any atom is -0.326 e. The van der Waals surface area contributed by atoms with Gasteiger partial charge in [-0.1, -0.05) is 0 Å². The van der Waals surface area contributed by atoms with Gasteiger partial charge in [-0.3, -0.25) is 9.89 Å². The van der Waals surface area contributed by atoms with E-state index in [1.54, 1.807) is 0 Å². The smallest absolute Gasteiger partial charge is 0.228 e. The second-order valence-corrected chi connectivity index (χ2v) is 8.33. The number of nitrogens with two attached hydrogens (primary N) is 1. The van der Waals surface area contributed by atoms with Crippen molar-refractivity contribution >= 4 is 11.6 Å². The Morgan fingerprint density at radius 3 is 2.31 bits per heavy atom. The van der Waals surface area contributed by atoms with Crippen LogP contribution in [0, 0.1) is 29.6 Å². The van der Waals surface area contributed by atoms with Gasteiger partial charge >= 0.3 is 0 Å². The summed E-state index contributed by atoms with van der Waals surface area (Å²) in [6.07, 6.45) is 6.46. The highest BCUT2D eigenvalue weighted by atomic mass is 16.1. The zero-order valence-electron chi connectivity index (χ0n) is 14.8. The maximum atomic E-state index is 12.9. The van der Waals surface area contributed by atoms with E-state index in [1.165, 1.54) is 32.1 Å². The number of nitrogens with zero attached hydrogens (tertiary/aromatic N) is 2. The van der Waals surface area contributed by atoms with Gasteiger partial charge in [0.15, 0.2) is 5.82 Å². The lowest BCUT2D eigenvalue weighted by atomic mass is 9.51. The molecule has 0 unspecified atom stereocenters. The first kappa shape index (κ1) is 16.0. The molecule has 0 radical (unpaired) electrons. The quantitative estimate of drug-likeness (QED) is 0.789. The lowest BCUT2D eigenvalue weighted by molar-refractivity contribution is -0.132. The molecule has 4 aliphatic carbocycles. The summed E-state index contributed by atoms with van der Waals surface area (Å²) in [6, 6.07) is 7.75. The fourth-order valence-electron chi connectivity index (χ4n) is 5.80. The molecule has 6 rings (SSSR count). The van der Waals surface area contributed by atoms with Crippen LogP contribution in [0.1, 0.15) is 37.9 Å². The van der Waals surface area contributed by atoms with Gasteiger partial charge in [0.1, 0.15) is 5.82 Å². The number of amides is 1. The third kappa shape index (κ3) is 2.72. The standard InChI is InChI=1S/C20H25N5O/c21-10-17-23-19(25-24-17)13-1-3-16(4-2-13)22-20(26)18-14-6-11-5-12(8-14)9-15(18)7-11/h1-4,11-12,14-15,18H,5-10,21H2,(H,22,26)(H,23,24,25). The Bertz CT molecular complexity index is 784. The number of aromatic nitrogens is 3. The Morgan fingerprint density at radius 1 is 1.08 bits per heavy atom. The van der Waals surface area contributed by atoms with Crippen molar-refractivity contribution in [1.29, 1.82) is 0 Å². The zero-order chi connectivity index (χ0) is 17.7. The van der Waals surface area contributed by atoms with Gasteiger partial charge < -0.3 is 11.1 Å². The van der Waals surface area contributed by atoms with Gasteiger partial charge in [-0.15, -0.1) is 0 Å². The lowest BCUT2D eigenvalue weighted by Gasteiger charge is -2.53. The molecule has 1 aromatic carbocycles. The summed E-state index contributed by atoms with van der Waals surface area (Å²) in [5, 5.41) is 10.1. The van der Waals surface area contributed by atoms with Crippen LogP contribution in [0.4, 0.5) is 5.69 Å². The Morgan fingerprint density at radius 2 is 1.73 bits per heavy atom. The van der Waals surface area contributed by atoms with E-state index in [-0.39, 0.29) is 11.8 Å². The van der Waals surface area contributed by atoms with Crippen molar-refractivity contribution in [2.45, 2.75) is 38.6 Å². The molecule has 2 aromatic rings. The molecule has 4 fully saturated rings. The fraction of sp³-hybridized carbons (Fsp3) is 0.550. The van der Waals surface area contributed by atoms with Crippen LogP contribution >= 0.6 is 0 Å². The number of anilines is 1. The van der Waals surface area contributed by atoms with E-state index in [1.807, 2.05) is 24.3 Å². The zero-order valence-corrected chi connectivity index (χ0v) is 14.8. The van der Waals surface area contributed by atoms with Gasteiger partial charge in [0, 0.05) is 17.2 Å². The summed E-state index contributed by atoms with van der Waals surface area (Å²) >= 11 is 0. The summed E-state index contributed by atoms with van der Waals surface area (Å²) in [5.74, 6) is 4.71. The highest BCUT2D eigenvalue weighted by Gasteiger charge is 2.50. The average Bonchev–Trinajstić information content (AvgIpc) is 3.10. The molecule has 6 nitrogen and oxygen atoms in total. The van der Waals surface area contributed by atoms with E-state index < -0.39 is 0 Å². The third-order valence-corrected chi connectivity index (χ3v) is 6.67. The van der Waals surface area contributed by atoms with Crippen molar-refractivity contribution in [3.63, 3.8) is 0 Å². The van der Waals surface area contributed by atoms with E-state index in [0.29, 0.717) is 30.0 Å². The summed E-state index contributed by atoms with van der Waals surface area (Å²) in [7, 11) is 0. The predicted octanol–water partition coefficient (Wildman–Crippen LogP) is 2.94. The number of aromatic amines is 1. The van der Waals surface area contributed by atoms with Gasteiger partial charge in [0.25, 0.3) is 0 Å². The van der Waals surface area contributed by atoms with Crippen molar-refractivity contribution in [3.8, 4) is 11.4 Å². The Labute approximate surface area is 153 Å². The Kier molecular flexibility index (Phi) is 3.81. The molecule has 136 valence electrons. The topological polar surface area (TPSA) is 96.7 Å². The molecule has 1 amide bonds. The lowest BCUT2D eigenvalue weighted by Crippen LogP contribution is -2.49. The number of rotatable bonds is 4. The minimum absolute atomic E-state index is 0.211. The van der Waals surface area contributed by atoms with E-state index in [9.17, 15) is 4.79 Å². The number of hydrogen-bond acceptors (Lipinski definition) is 4. The number of hydrogen-bond donors (Lipinski definition) is 3. The molecule has 0 atom stereocenters. The highest BCUT2D eigenvalue weighted by molar-refractivity contribution is 5.93. The summed E-state index contributed by atoms with van der Waals surface area (Å²) < 4.78 is 0. The van der Waals surface area contributed by atoms with Crippen LogP contribution in [0.2, 0.25) is 0 Å². The first-order chi connectivity index (χ1) is 12.7. The van der Waals surface area contributed by atoms with E-state index in [4.69, 9.17) is 5.73 Å². The molecular weight excluding hydrogens is 326 g/mol. The molecule has 4 N–H and O–H groups in total. The van der Waals surface area contributed by atoms with Crippen LogP contribution < -0.4 is 11.1 Å². The molecule has 4 bridgehead atoms. The van der Waals surface area contributed by atoms with E-state index in [2.05, 4.69) is 20.5 Å². The molecule has 0 aliphatic heterocycles. The third-order valence-electron chi connectivity index (χ3n) is 6.67. The number of carbonyl (C=O) groups is 1. The number of nitrogens with one attached hydrogen (secondary N) is 2. The van der Waals surface area contributed by atoms with Gasteiger partial charge in [0.05, 0.1) is 6.54 Å². The molecule has 6 heteroatoms. The summed E-state index contributed by atoms with van der Waals surface area (Å²) in [6.45, 7) is 0.340. The van der Waals surface area contributed by atoms with Crippen molar-refractivity contribution in [2.75, 3.05) is 5.32 Å². The number of H-pyrrole nitrogens is 1. The molecule has 0 saturated heterocycles. The fourth-order valence-corrected chi connectivity index (χ4v) is 5.80. The average molecular weight is 351 g/mol. The minimum atomic E-state index is 0.211. The van der Waals surface area contributed by atoms with Crippen LogP contribution in [0.25, 0.3) is 11.4 Å². The van der Waals surface area contributed by atoms with Gasteiger partial charge in [-0.05, 0) is 80.0 Å². The van der Waals surface area contributed by atoms with Crippen LogP contribution in [-0.4, -0.2) is 21.1 Å². The molecule has 26 heavy (non-hydrogen) atoms. The van der Waals surface area contributed by atoms with Gasteiger partial charge in [-0.2, -0.15) is 5.10 Å². The normalized spacial score (nSPS) is 32.0. The maximum Gasteiger partial charge on any atom is 0.228 e. The summed E-state index contributed by atoms with van der Waals surface area (Å²) in [5.41, 5.74) is 7.32. The molecule has 0 spiro atoms. The molecular formula is C20H25N5O. The second-order valence-electron chi connectivity index (χ2n) is 8.33. The van der Waals surface area contributed by atoms with Gasteiger partial charge in [0.2, 0.25) is 5.91 Å². The molecule has 1 heterocycles. The van der Waals surface area contributed by atoms with Crippen LogP contribution in [-0.2, 0) is 11.3 Å². The summed E-state index contributed by atoms with van der Waals surface area (Å²) in [4.78, 5) is 17.3. The van der Waals surface area contributed by atoms with Crippen molar-refractivity contribution in [1.82, 2.24) is 15.2 Å². The Hall–Kier alpha value is -2.21. The second kappa shape index (κ2) is 6.20.